The Hall–Kier alpha value is -1.93. The van der Waals surface area contributed by atoms with Crippen molar-refractivity contribution >= 4 is 57.9 Å². The molecular weight excluding hydrogens is 429 g/mol. The average molecular weight is 442 g/mol. The molecular formula is C16H13ClIN3O2. The van der Waals surface area contributed by atoms with E-state index in [1.807, 2.05) is 24.3 Å². The molecule has 2 amide bonds. The van der Waals surface area contributed by atoms with E-state index in [-0.39, 0.29) is 0 Å². The lowest BCUT2D eigenvalue weighted by Crippen LogP contribution is -2.32. The van der Waals surface area contributed by atoms with Crippen molar-refractivity contribution in [3.63, 3.8) is 0 Å². The molecule has 0 aliphatic rings. The molecule has 2 aromatic carbocycles. The summed E-state index contributed by atoms with van der Waals surface area (Å²) < 4.78 is 1.05. The number of carbonyl (C=O) groups excluding carboxylic acids is 2. The largest absolute Gasteiger partial charge is 0.329 e. The molecule has 0 aliphatic carbocycles. The molecule has 2 aromatic rings. The molecule has 5 nitrogen and oxygen atoms in total. The number of benzene rings is 2. The van der Waals surface area contributed by atoms with Gasteiger partial charge in [-0.2, -0.15) is 5.10 Å². The second-order valence-electron chi connectivity index (χ2n) is 4.62. The third kappa shape index (κ3) is 5.04. The zero-order chi connectivity index (χ0) is 16.8. The zero-order valence-corrected chi connectivity index (χ0v) is 15.1. The summed E-state index contributed by atoms with van der Waals surface area (Å²) in [6.07, 6.45) is 1.47. The summed E-state index contributed by atoms with van der Waals surface area (Å²) in [6, 6.07) is 12.6. The Morgan fingerprint density at radius 2 is 1.91 bits per heavy atom. The highest BCUT2D eigenvalue weighted by Crippen LogP contribution is 2.22. The summed E-state index contributed by atoms with van der Waals surface area (Å²) in [5, 5.41) is 6.78. The molecule has 0 saturated heterocycles. The summed E-state index contributed by atoms with van der Waals surface area (Å²) in [6.45, 7) is 1.75. The van der Waals surface area contributed by atoms with Gasteiger partial charge >= 0.3 is 11.8 Å². The van der Waals surface area contributed by atoms with E-state index >= 15 is 0 Å². The quantitative estimate of drug-likeness (QED) is 0.332. The highest BCUT2D eigenvalue weighted by Gasteiger charge is 2.14. The number of rotatable bonds is 3. The van der Waals surface area contributed by atoms with Gasteiger partial charge in [0.15, 0.2) is 0 Å². The van der Waals surface area contributed by atoms with Crippen LogP contribution in [-0.4, -0.2) is 18.0 Å². The Morgan fingerprint density at radius 1 is 1.17 bits per heavy atom. The van der Waals surface area contributed by atoms with Gasteiger partial charge in [0.1, 0.15) is 0 Å². The van der Waals surface area contributed by atoms with Gasteiger partial charge < -0.3 is 5.32 Å². The van der Waals surface area contributed by atoms with E-state index in [9.17, 15) is 9.59 Å². The Morgan fingerprint density at radius 3 is 2.65 bits per heavy atom. The number of anilines is 1. The molecule has 0 fully saturated rings. The van der Waals surface area contributed by atoms with Gasteiger partial charge in [0, 0.05) is 14.3 Å². The normalized spacial score (nSPS) is 10.6. The minimum Gasteiger partial charge on any atom is -0.317 e. The zero-order valence-electron chi connectivity index (χ0n) is 12.1. The van der Waals surface area contributed by atoms with Crippen molar-refractivity contribution in [1.82, 2.24) is 5.43 Å². The minimum atomic E-state index is -0.855. The maximum atomic E-state index is 11.8. The maximum absolute atomic E-state index is 11.8. The lowest BCUT2D eigenvalue weighted by Gasteiger charge is -2.08. The molecule has 0 unspecified atom stereocenters. The molecule has 0 radical (unpaired) electrons. The van der Waals surface area contributed by atoms with Crippen LogP contribution in [0.3, 0.4) is 0 Å². The SMILES string of the molecule is Cc1c(Cl)cccc1NC(=O)C(=O)N/N=C\c1cccc(I)c1. The smallest absolute Gasteiger partial charge is 0.317 e. The topological polar surface area (TPSA) is 70.6 Å². The molecule has 0 spiro atoms. The van der Waals surface area contributed by atoms with Crippen LogP contribution in [0.1, 0.15) is 11.1 Å². The molecule has 2 N–H and O–H groups in total. The van der Waals surface area contributed by atoms with Crippen LogP contribution in [-0.2, 0) is 9.59 Å². The van der Waals surface area contributed by atoms with Crippen molar-refractivity contribution < 1.29 is 9.59 Å². The number of hydrogen-bond acceptors (Lipinski definition) is 3. The standard InChI is InChI=1S/C16H13ClIN3O2/c1-10-13(17)6-3-7-14(10)20-15(22)16(23)21-19-9-11-4-2-5-12(18)8-11/h2-9H,1H3,(H,20,22)(H,21,23)/b19-9-. The van der Waals surface area contributed by atoms with Crippen molar-refractivity contribution in [2.24, 2.45) is 5.10 Å². The summed E-state index contributed by atoms with van der Waals surface area (Å²) in [5.74, 6) is -1.67. The molecule has 0 aromatic heterocycles. The van der Waals surface area contributed by atoms with Gasteiger partial charge in [-0.05, 0) is 64.9 Å². The fraction of sp³-hybridized carbons (Fsp3) is 0.0625. The molecule has 7 heteroatoms. The van der Waals surface area contributed by atoms with E-state index in [2.05, 4.69) is 38.4 Å². The molecule has 23 heavy (non-hydrogen) atoms. The number of nitrogens with zero attached hydrogens (tertiary/aromatic N) is 1. The minimum absolute atomic E-state index is 0.485. The molecule has 0 bridgehead atoms. The highest BCUT2D eigenvalue weighted by molar-refractivity contribution is 14.1. The van der Waals surface area contributed by atoms with E-state index in [1.54, 1.807) is 25.1 Å². The van der Waals surface area contributed by atoms with E-state index in [1.165, 1.54) is 6.21 Å². The van der Waals surface area contributed by atoms with Gasteiger partial charge in [0.25, 0.3) is 0 Å². The Bertz CT molecular complexity index is 778. The first-order valence-electron chi connectivity index (χ1n) is 6.62. The number of amides is 2. The van der Waals surface area contributed by atoms with Gasteiger partial charge in [-0.3, -0.25) is 9.59 Å². The van der Waals surface area contributed by atoms with Gasteiger partial charge in [0.2, 0.25) is 0 Å². The Balaban J connectivity index is 1.95. The number of carbonyl (C=O) groups is 2. The van der Waals surface area contributed by atoms with Crippen LogP contribution in [0.2, 0.25) is 5.02 Å². The maximum Gasteiger partial charge on any atom is 0.329 e. The van der Waals surface area contributed by atoms with Crippen LogP contribution in [0.5, 0.6) is 0 Å². The molecule has 0 atom stereocenters. The summed E-state index contributed by atoms with van der Waals surface area (Å²) in [4.78, 5) is 23.6. The fourth-order valence-electron chi connectivity index (χ4n) is 1.73. The van der Waals surface area contributed by atoms with Crippen molar-refractivity contribution in [2.45, 2.75) is 6.92 Å². The summed E-state index contributed by atoms with van der Waals surface area (Å²) >= 11 is 8.14. The van der Waals surface area contributed by atoms with Crippen LogP contribution < -0.4 is 10.7 Å². The van der Waals surface area contributed by atoms with E-state index < -0.39 is 11.8 Å². The first-order chi connectivity index (χ1) is 11.0. The van der Waals surface area contributed by atoms with Gasteiger partial charge in [-0.1, -0.05) is 29.8 Å². The molecule has 0 saturated carbocycles. The van der Waals surface area contributed by atoms with Gasteiger partial charge in [-0.15, -0.1) is 0 Å². The van der Waals surface area contributed by atoms with E-state index in [0.717, 1.165) is 9.13 Å². The first kappa shape index (κ1) is 17.4. The number of hydrazone groups is 1. The van der Waals surface area contributed by atoms with Gasteiger partial charge in [0.05, 0.1) is 6.21 Å². The lowest BCUT2D eigenvalue weighted by molar-refractivity contribution is -0.136. The second kappa shape index (κ2) is 8.07. The predicted octanol–water partition coefficient (Wildman–Crippen LogP) is 3.34. The van der Waals surface area contributed by atoms with Crippen LogP contribution in [0, 0.1) is 10.5 Å². The molecule has 118 valence electrons. The molecule has 0 aliphatic heterocycles. The number of nitrogens with one attached hydrogen (secondary N) is 2. The third-order valence-corrected chi connectivity index (χ3v) is 4.03. The summed E-state index contributed by atoms with van der Waals surface area (Å²) in [7, 11) is 0. The van der Waals surface area contributed by atoms with Crippen molar-refractivity contribution in [3.8, 4) is 0 Å². The first-order valence-corrected chi connectivity index (χ1v) is 8.08. The van der Waals surface area contributed by atoms with Crippen LogP contribution >= 0.6 is 34.2 Å². The van der Waals surface area contributed by atoms with Crippen molar-refractivity contribution in [3.05, 3.63) is 62.2 Å². The molecule has 2 rings (SSSR count). The van der Waals surface area contributed by atoms with Crippen molar-refractivity contribution in [1.29, 1.82) is 0 Å². The third-order valence-electron chi connectivity index (χ3n) is 2.95. The van der Waals surface area contributed by atoms with Gasteiger partial charge in [-0.25, -0.2) is 5.43 Å². The number of halogens is 2. The second-order valence-corrected chi connectivity index (χ2v) is 6.27. The highest BCUT2D eigenvalue weighted by atomic mass is 127. The number of hydrogen-bond donors (Lipinski definition) is 2. The molecule has 0 heterocycles. The van der Waals surface area contributed by atoms with E-state index in [4.69, 9.17) is 11.6 Å². The van der Waals surface area contributed by atoms with E-state index in [0.29, 0.717) is 16.3 Å². The van der Waals surface area contributed by atoms with Crippen LogP contribution in [0.15, 0.2) is 47.6 Å². The fourth-order valence-corrected chi connectivity index (χ4v) is 2.47. The van der Waals surface area contributed by atoms with Crippen LogP contribution in [0.25, 0.3) is 0 Å². The monoisotopic (exact) mass is 441 g/mol. The van der Waals surface area contributed by atoms with Crippen LogP contribution in [0.4, 0.5) is 5.69 Å². The average Bonchev–Trinajstić information content (AvgIpc) is 2.51. The van der Waals surface area contributed by atoms with Crippen molar-refractivity contribution in [2.75, 3.05) is 5.32 Å². The lowest BCUT2D eigenvalue weighted by atomic mass is 10.2. The summed E-state index contributed by atoms with van der Waals surface area (Å²) in [5.41, 5.74) is 4.19. The Labute approximate surface area is 152 Å². The predicted molar refractivity (Wildman–Crippen MR) is 99.7 cm³/mol. The Kier molecular flexibility index (Phi) is 6.12.